The lowest BCUT2D eigenvalue weighted by molar-refractivity contribution is -0.144. The standard InChI is InChI=1S/C14H17NO4/c1-3-4-5-6-10(2)9-19-14(18)7-11-12(16)8-13(17)15-11/h3-6,11H,2,7-9H2,1H3,(H,15,17). The molecule has 1 saturated heterocycles. The summed E-state index contributed by atoms with van der Waals surface area (Å²) in [5.41, 5.74) is 0.647. The number of carbonyl (C=O) groups excluding carboxylic acids is 3. The lowest BCUT2D eigenvalue weighted by atomic mass is 10.1. The summed E-state index contributed by atoms with van der Waals surface area (Å²) >= 11 is 0. The second-order valence-corrected chi connectivity index (χ2v) is 4.17. The molecule has 1 heterocycles. The molecule has 0 spiro atoms. The van der Waals surface area contributed by atoms with Gasteiger partial charge in [0.2, 0.25) is 5.91 Å². The first-order valence-corrected chi connectivity index (χ1v) is 5.97. The highest BCUT2D eigenvalue weighted by molar-refractivity contribution is 6.08. The van der Waals surface area contributed by atoms with Gasteiger partial charge < -0.3 is 10.1 Å². The lowest BCUT2D eigenvalue weighted by Gasteiger charge is -2.08. The van der Waals surface area contributed by atoms with Gasteiger partial charge in [-0.15, -0.1) is 0 Å². The summed E-state index contributed by atoms with van der Waals surface area (Å²) in [7, 11) is 0. The molecule has 1 N–H and O–H groups in total. The predicted molar refractivity (Wildman–Crippen MR) is 70.2 cm³/mol. The van der Waals surface area contributed by atoms with E-state index in [0.29, 0.717) is 5.57 Å². The van der Waals surface area contributed by atoms with Crippen LogP contribution in [0.1, 0.15) is 19.8 Å². The Kier molecular flexibility index (Phi) is 5.73. The lowest BCUT2D eigenvalue weighted by Crippen LogP contribution is -2.32. The van der Waals surface area contributed by atoms with Gasteiger partial charge in [-0.3, -0.25) is 14.4 Å². The summed E-state index contributed by atoms with van der Waals surface area (Å²) in [5.74, 6) is -1.14. The molecule has 102 valence electrons. The van der Waals surface area contributed by atoms with Crippen LogP contribution < -0.4 is 5.32 Å². The van der Waals surface area contributed by atoms with Crippen molar-refractivity contribution in [2.24, 2.45) is 0 Å². The summed E-state index contributed by atoms with van der Waals surface area (Å²) in [4.78, 5) is 33.7. The van der Waals surface area contributed by atoms with Gasteiger partial charge in [-0.05, 0) is 12.5 Å². The average molecular weight is 263 g/mol. The fourth-order valence-electron chi connectivity index (χ4n) is 1.52. The quantitative estimate of drug-likeness (QED) is 0.442. The normalized spacial score (nSPS) is 19.1. The van der Waals surface area contributed by atoms with Crippen LogP contribution in [-0.4, -0.2) is 30.3 Å². The number of rotatable bonds is 6. The second-order valence-electron chi connectivity index (χ2n) is 4.17. The van der Waals surface area contributed by atoms with Gasteiger partial charge in [-0.25, -0.2) is 0 Å². The number of nitrogens with one attached hydrogen (secondary N) is 1. The Balaban J connectivity index is 2.30. The largest absolute Gasteiger partial charge is 0.461 e. The van der Waals surface area contributed by atoms with E-state index in [-0.39, 0.29) is 31.1 Å². The van der Waals surface area contributed by atoms with Crippen molar-refractivity contribution in [3.63, 3.8) is 0 Å². The number of amides is 1. The molecule has 0 aromatic rings. The van der Waals surface area contributed by atoms with Gasteiger partial charge in [0.25, 0.3) is 0 Å². The minimum atomic E-state index is -0.744. The molecular weight excluding hydrogens is 246 g/mol. The van der Waals surface area contributed by atoms with E-state index in [2.05, 4.69) is 11.9 Å². The molecule has 1 amide bonds. The van der Waals surface area contributed by atoms with Crippen molar-refractivity contribution < 1.29 is 19.1 Å². The van der Waals surface area contributed by atoms with E-state index >= 15 is 0 Å². The molecule has 0 aromatic heterocycles. The summed E-state index contributed by atoms with van der Waals surface area (Å²) < 4.78 is 4.96. The van der Waals surface area contributed by atoms with E-state index < -0.39 is 12.0 Å². The Morgan fingerprint density at radius 1 is 1.47 bits per heavy atom. The molecule has 0 aromatic carbocycles. The molecule has 1 atom stereocenters. The molecule has 1 fully saturated rings. The zero-order valence-corrected chi connectivity index (χ0v) is 10.8. The third-order valence-electron chi connectivity index (χ3n) is 2.48. The van der Waals surface area contributed by atoms with Crippen molar-refractivity contribution in [3.05, 3.63) is 36.5 Å². The molecule has 1 aliphatic heterocycles. The van der Waals surface area contributed by atoms with Crippen LogP contribution in [0, 0.1) is 0 Å². The Labute approximate surface area is 112 Å². The van der Waals surface area contributed by atoms with E-state index in [1.165, 1.54) is 0 Å². The topological polar surface area (TPSA) is 72.5 Å². The minimum Gasteiger partial charge on any atom is -0.461 e. The first-order chi connectivity index (χ1) is 9.02. The molecule has 1 unspecified atom stereocenters. The van der Waals surface area contributed by atoms with E-state index in [4.69, 9.17) is 4.74 Å². The van der Waals surface area contributed by atoms with Crippen LogP contribution in [0.2, 0.25) is 0 Å². The number of esters is 1. The summed E-state index contributed by atoms with van der Waals surface area (Å²) in [6.45, 7) is 5.68. The van der Waals surface area contributed by atoms with Crippen LogP contribution in [0.3, 0.4) is 0 Å². The van der Waals surface area contributed by atoms with Crippen LogP contribution in [-0.2, 0) is 19.1 Å². The fourth-order valence-corrected chi connectivity index (χ4v) is 1.52. The third kappa shape index (κ3) is 5.33. The Morgan fingerprint density at radius 2 is 2.21 bits per heavy atom. The van der Waals surface area contributed by atoms with E-state index in [9.17, 15) is 14.4 Å². The number of carbonyl (C=O) groups is 3. The van der Waals surface area contributed by atoms with E-state index in [0.717, 1.165) is 0 Å². The molecule has 0 bridgehead atoms. The van der Waals surface area contributed by atoms with Crippen LogP contribution >= 0.6 is 0 Å². The smallest absolute Gasteiger partial charge is 0.308 e. The van der Waals surface area contributed by atoms with Gasteiger partial charge in [0.1, 0.15) is 6.61 Å². The van der Waals surface area contributed by atoms with Gasteiger partial charge in [0.05, 0.1) is 18.9 Å². The van der Waals surface area contributed by atoms with Gasteiger partial charge >= 0.3 is 5.97 Å². The maximum atomic E-state index is 11.5. The van der Waals surface area contributed by atoms with Crippen molar-refractivity contribution in [2.45, 2.75) is 25.8 Å². The van der Waals surface area contributed by atoms with Crippen molar-refractivity contribution >= 4 is 17.7 Å². The van der Waals surface area contributed by atoms with Crippen LogP contribution in [0.4, 0.5) is 0 Å². The maximum absolute atomic E-state index is 11.5. The molecule has 0 aliphatic carbocycles. The third-order valence-corrected chi connectivity index (χ3v) is 2.48. The number of hydrogen-bond acceptors (Lipinski definition) is 4. The summed E-state index contributed by atoms with van der Waals surface area (Å²) in [6.07, 6.45) is 6.93. The van der Waals surface area contributed by atoms with Crippen LogP contribution in [0.15, 0.2) is 36.5 Å². The van der Waals surface area contributed by atoms with Gasteiger partial charge in [0.15, 0.2) is 5.78 Å². The fraction of sp³-hybridized carbons (Fsp3) is 0.357. The second kappa shape index (κ2) is 7.31. The monoisotopic (exact) mass is 263 g/mol. The Morgan fingerprint density at radius 3 is 2.79 bits per heavy atom. The highest BCUT2D eigenvalue weighted by Gasteiger charge is 2.31. The number of Topliss-reactive ketones (excluding diaryl/α,β-unsaturated/α-hetero) is 1. The number of allylic oxidation sites excluding steroid dienone is 3. The SMILES string of the molecule is C=C(C=CC=CC)COC(=O)CC1NC(=O)CC1=O. The summed E-state index contributed by atoms with van der Waals surface area (Å²) in [5, 5.41) is 2.43. The molecule has 0 radical (unpaired) electrons. The summed E-state index contributed by atoms with van der Waals surface area (Å²) in [6, 6.07) is -0.744. The van der Waals surface area contributed by atoms with E-state index in [1.54, 1.807) is 12.2 Å². The number of ether oxygens (including phenoxy) is 1. The number of hydrogen-bond donors (Lipinski definition) is 1. The predicted octanol–water partition coefficient (Wildman–Crippen LogP) is 1.07. The minimum absolute atomic E-state index is 0.0712. The average Bonchev–Trinajstić information content (AvgIpc) is 2.65. The van der Waals surface area contributed by atoms with Crippen LogP contribution in [0.25, 0.3) is 0 Å². The first kappa shape index (κ1) is 14.9. The molecule has 0 saturated carbocycles. The maximum Gasteiger partial charge on any atom is 0.308 e. The van der Waals surface area contributed by atoms with Crippen LogP contribution in [0.5, 0.6) is 0 Å². The van der Waals surface area contributed by atoms with Gasteiger partial charge in [0, 0.05) is 0 Å². The van der Waals surface area contributed by atoms with Crippen molar-refractivity contribution in [2.75, 3.05) is 6.61 Å². The zero-order chi connectivity index (χ0) is 14.3. The van der Waals surface area contributed by atoms with Crippen molar-refractivity contribution in [1.29, 1.82) is 0 Å². The van der Waals surface area contributed by atoms with Gasteiger partial charge in [-0.2, -0.15) is 0 Å². The molecule has 5 heteroatoms. The Bertz CT molecular complexity index is 448. The molecule has 1 aliphatic rings. The molecule has 19 heavy (non-hydrogen) atoms. The molecule has 5 nitrogen and oxygen atoms in total. The first-order valence-electron chi connectivity index (χ1n) is 5.97. The van der Waals surface area contributed by atoms with E-state index in [1.807, 2.05) is 19.1 Å². The molecular formula is C14H17NO4. The number of ketones is 1. The Hall–Kier alpha value is -2.17. The van der Waals surface area contributed by atoms with Crippen molar-refractivity contribution in [1.82, 2.24) is 5.32 Å². The van der Waals surface area contributed by atoms with Crippen molar-refractivity contribution in [3.8, 4) is 0 Å². The highest BCUT2D eigenvalue weighted by Crippen LogP contribution is 2.07. The molecule has 1 rings (SSSR count). The highest BCUT2D eigenvalue weighted by atomic mass is 16.5. The zero-order valence-electron chi connectivity index (χ0n) is 10.8. The van der Waals surface area contributed by atoms with Gasteiger partial charge in [-0.1, -0.05) is 30.9 Å².